The van der Waals surface area contributed by atoms with Crippen molar-refractivity contribution in [1.29, 1.82) is 0 Å². The van der Waals surface area contributed by atoms with E-state index in [-0.39, 0.29) is 11.5 Å². The summed E-state index contributed by atoms with van der Waals surface area (Å²) in [6.07, 6.45) is 0. The molecule has 0 radical (unpaired) electrons. The zero-order chi connectivity index (χ0) is 10.6. The summed E-state index contributed by atoms with van der Waals surface area (Å²) in [6.45, 7) is 4.36. The van der Waals surface area contributed by atoms with Gasteiger partial charge in [0, 0.05) is 5.75 Å². The lowest BCUT2D eigenvalue weighted by atomic mass is 10.2. The van der Waals surface area contributed by atoms with Crippen LogP contribution in [-0.2, 0) is 5.75 Å². The molecule has 0 aliphatic rings. The van der Waals surface area contributed by atoms with Crippen molar-refractivity contribution in [3.05, 3.63) is 23.8 Å². The van der Waals surface area contributed by atoms with Crippen LogP contribution in [0.15, 0.2) is 18.2 Å². The van der Waals surface area contributed by atoms with E-state index in [0.717, 1.165) is 17.1 Å². The Bertz CT molecular complexity index is 297. The first-order valence-corrected chi connectivity index (χ1v) is 5.83. The minimum absolute atomic E-state index is 0.0346. The summed E-state index contributed by atoms with van der Waals surface area (Å²) in [5, 5.41) is 18.3. The van der Waals surface area contributed by atoms with Crippen LogP contribution < -0.4 is 0 Å². The van der Waals surface area contributed by atoms with Crippen molar-refractivity contribution >= 4 is 11.8 Å². The fourth-order valence-corrected chi connectivity index (χ4v) is 2.08. The van der Waals surface area contributed by atoms with Crippen molar-refractivity contribution in [2.24, 2.45) is 5.92 Å². The van der Waals surface area contributed by atoms with Crippen LogP contribution in [-0.4, -0.2) is 16.0 Å². The fraction of sp³-hybridized carbons (Fsp3) is 0.455. The van der Waals surface area contributed by atoms with Crippen molar-refractivity contribution < 1.29 is 10.2 Å². The normalized spacial score (nSPS) is 10.8. The predicted octanol–water partition coefficient (Wildman–Crippen LogP) is 2.99. The van der Waals surface area contributed by atoms with E-state index >= 15 is 0 Å². The molecule has 0 atom stereocenters. The summed E-state index contributed by atoms with van der Waals surface area (Å²) in [5.41, 5.74) is 1.05. The van der Waals surface area contributed by atoms with Crippen LogP contribution in [0.1, 0.15) is 19.4 Å². The Kier molecular flexibility index (Phi) is 4.14. The van der Waals surface area contributed by atoms with Gasteiger partial charge < -0.3 is 10.2 Å². The maximum Gasteiger partial charge on any atom is 0.157 e. The summed E-state index contributed by atoms with van der Waals surface area (Å²) in [5.74, 6) is 2.59. The quantitative estimate of drug-likeness (QED) is 0.754. The Morgan fingerprint density at radius 3 is 2.50 bits per heavy atom. The molecule has 2 N–H and O–H groups in total. The third-order valence-electron chi connectivity index (χ3n) is 1.76. The third-order valence-corrected chi connectivity index (χ3v) is 3.20. The van der Waals surface area contributed by atoms with Gasteiger partial charge in [-0.1, -0.05) is 19.9 Å². The minimum Gasteiger partial charge on any atom is -0.504 e. The van der Waals surface area contributed by atoms with Crippen LogP contribution in [0.5, 0.6) is 11.5 Å². The Labute approximate surface area is 89.0 Å². The lowest BCUT2D eigenvalue weighted by Gasteiger charge is -2.05. The summed E-state index contributed by atoms with van der Waals surface area (Å²) in [6, 6.07) is 4.98. The Morgan fingerprint density at radius 1 is 1.21 bits per heavy atom. The molecule has 0 amide bonds. The van der Waals surface area contributed by atoms with Gasteiger partial charge in [-0.05, 0) is 29.4 Å². The molecule has 1 aromatic carbocycles. The second-order valence-corrected chi connectivity index (χ2v) is 4.76. The molecule has 0 spiro atoms. The maximum absolute atomic E-state index is 9.25. The van der Waals surface area contributed by atoms with E-state index in [1.807, 2.05) is 17.8 Å². The van der Waals surface area contributed by atoms with Gasteiger partial charge in [0.2, 0.25) is 0 Å². The Morgan fingerprint density at radius 2 is 1.93 bits per heavy atom. The molecule has 2 nitrogen and oxygen atoms in total. The monoisotopic (exact) mass is 212 g/mol. The smallest absolute Gasteiger partial charge is 0.157 e. The summed E-state index contributed by atoms with van der Waals surface area (Å²) in [4.78, 5) is 0. The highest BCUT2D eigenvalue weighted by Crippen LogP contribution is 2.27. The molecule has 1 aromatic rings. The number of benzene rings is 1. The molecular weight excluding hydrogens is 196 g/mol. The molecule has 78 valence electrons. The van der Waals surface area contributed by atoms with Gasteiger partial charge in [-0.15, -0.1) is 0 Å². The van der Waals surface area contributed by atoms with Crippen LogP contribution in [0.4, 0.5) is 0 Å². The summed E-state index contributed by atoms with van der Waals surface area (Å²) in [7, 11) is 0. The van der Waals surface area contributed by atoms with E-state index in [9.17, 15) is 5.11 Å². The standard InChI is InChI=1S/C11H16O2S/c1-8(2)6-14-7-9-3-4-10(12)11(13)5-9/h3-5,8,12-13H,6-7H2,1-2H3. The number of phenols is 2. The van der Waals surface area contributed by atoms with Gasteiger partial charge in [-0.2, -0.15) is 11.8 Å². The molecule has 0 unspecified atom stereocenters. The van der Waals surface area contributed by atoms with E-state index < -0.39 is 0 Å². The number of phenolic OH excluding ortho intramolecular Hbond substituents is 2. The highest BCUT2D eigenvalue weighted by molar-refractivity contribution is 7.98. The van der Waals surface area contributed by atoms with E-state index in [2.05, 4.69) is 13.8 Å². The van der Waals surface area contributed by atoms with Gasteiger partial charge in [0.15, 0.2) is 11.5 Å². The largest absolute Gasteiger partial charge is 0.504 e. The van der Waals surface area contributed by atoms with Crippen molar-refractivity contribution in [2.75, 3.05) is 5.75 Å². The number of hydrogen-bond donors (Lipinski definition) is 2. The zero-order valence-corrected chi connectivity index (χ0v) is 9.34. The van der Waals surface area contributed by atoms with Crippen LogP contribution in [0.2, 0.25) is 0 Å². The first kappa shape index (κ1) is 11.2. The first-order chi connectivity index (χ1) is 6.59. The van der Waals surface area contributed by atoms with E-state index in [1.54, 1.807) is 6.07 Å². The van der Waals surface area contributed by atoms with Gasteiger partial charge in [0.25, 0.3) is 0 Å². The SMILES string of the molecule is CC(C)CSCc1ccc(O)c(O)c1. The number of thioether (sulfide) groups is 1. The molecule has 0 heterocycles. The van der Waals surface area contributed by atoms with E-state index in [0.29, 0.717) is 5.92 Å². The molecule has 3 heteroatoms. The topological polar surface area (TPSA) is 40.5 Å². The average molecular weight is 212 g/mol. The zero-order valence-electron chi connectivity index (χ0n) is 8.53. The fourth-order valence-electron chi connectivity index (χ4n) is 1.07. The van der Waals surface area contributed by atoms with Gasteiger partial charge in [0.05, 0.1) is 0 Å². The van der Waals surface area contributed by atoms with Crippen molar-refractivity contribution in [3.8, 4) is 11.5 Å². The molecule has 14 heavy (non-hydrogen) atoms. The molecule has 0 saturated carbocycles. The van der Waals surface area contributed by atoms with Gasteiger partial charge in [0.1, 0.15) is 0 Å². The van der Waals surface area contributed by atoms with Gasteiger partial charge in [-0.25, -0.2) is 0 Å². The highest BCUT2D eigenvalue weighted by atomic mass is 32.2. The Hall–Kier alpha value is -0.830. The highest BCUT2D eigenvalue weighted by Gasteiger charge is 2.01. The molecule has 1 rings (SSSR count). The Balaban J connectivity index is 2.47. The van der Waals surface area contributed by atoms with Crippen molar-refractivity contribution in [2.45, 2.75) is 19.6 Å². The van der Waals surface area contributed by atoms with Crippen molar-refractivity contribution in [1.82, 2.24) is 0 Å². The maximum atomic E-state index is 9.25. The lowest BCUT2D eigenvalue weighted by molar-refractivity contribution is 0.403. The number of aromatic hydroxyl groups is 2. The van der Waals surface area contributed by atoms with E-state index in [1.165, 1.54) is 6.07 Å². The van der Waals surface area contributed by atoms with Crippen LogP contribution in [0, 0.1) is 5.92 Å². The second kappa shape index (κ2) is 5.15. The molecule has 0 bridgehead atoms. The van der Waals surface area contributed by atoms with Crippen LogP contribution >= 0.6 is 11.8 Å². The average Bonchev–Trinajstić information content (AvgIpc) is 2.10. The predicted molar refractivity (Wildman–Crippen MR) is 60.8 cm³/mol. The second-order valence-electron chi connectivity index (χ2n) is 3.73. The van der Waals surface area contributed by atoms with Gasteiger partial charge in [-0.3, -0.25) is 0 Å². The lowest BCUT2D eigenvalue weighted by Crippen LogP contribution is -1.91. The minimum atomic E-state index is -0.0531. The third kappa shape index (κ3) is 3.50. The molecule has 0 fully saturated rings. The molecule has 0 saturated heterocycles. The molecule has 0 aliphatic heterocycles. The first-order valence-electron chi connectivity index (χ1n) is 4.68. The van der Waals surface area contributed by atoms with E-state index in [4.69, 9.17) is 5.11 Å². The number of hydrogen-bond acceptors (Lipinski definition) is 3. The summed E-state index contributed by atoms with van der Waals surface area (Å²) < 4.78 is 0. The molecule has 0 aliphatic carbocycles. The molecular formula is C11H16O2S. The van der Waals surface area contributed by atoms with Crippen molar-refractivity contribution in [3.63, 3.8) is 0 Å². The number of rotatable bonds is 4. The van der Waals surface area contributed by atoms with Crippen LogP contribution in [0.25, 0.3) is 0 Å². The van der Waals surface area contributed by atoms with Crippen LogP contribution in [0.3, 0.4) is 0 Å². The summed E-state index contributed by atoms with van der Waals surface area (Å²) >= 11 is 1.84. The van der Waals surface area contributed by atoms with Gasteiger partial charge >= 0.3 is 0 Å². The molecule has 0 aromatic heterocycles.